The number of hydrogen-bond donors (Lipinski definition) is 1. The monoisotopic (exact) mass is 341 g/mol. The molecule has 1 N–H and O–H groups in total. The average molecular weight is 343 g/mol. The molecule has 0 aliphatic carbocycles. The number of aliphatic hydroxyl groups excluding tert-OH is 1. The molecule has 0 saturated carbocycles. The summed E-state index contributed by atoms with van der Waals surface area (Å²) in [6.07, 6.45) is 0. The minimum atomic E-state index is -0.214. The summed E-state index contributed by atoms with van der Waals surface area (Å²) in [6, 6.07) is 7.18. The van der Waals surface area contributed by atoms with Crippen LogP contribution in [-0.2, 0) is 6.61 Å². The molecule has 0 aliphatic rings. The van der Waals surface area contributed by atoms with Gasteiger partial charge in [-0.05, 0) is 43.2 Å². The highest BCUT2D eigenvalue weighted by Crippen LogP contribution is 2.29. The van der Waals surface area contributed by atoms with Crippen LogP contribution in [0.5, 0.6) is 11.6 Å². The van der Waals surface area contributed by atoms with Crippen molar-refractivity contribution in [3.63, 3.8) is 0 Å². The van der Waals surface area contributed by atoms with Crippen molar-refractivity contribution in [2.45, 2.75) is 20.5 Å². The predicted molar refractivity (Wildman–Crippen MR) is 78.9 cm³/mol. The quantitative estimate of drug-likeness (QED) is 0.899. The third kappa shape index (κ3) is 3.26. The fourth-order valence-corrected chi connectivity index (χ4v) is 2.11. The highest BCUT2D eigenvalue weighted by atomic mass is 79.9. The number of hydrogen-bond acceptors (Lipinski definition) is 3. The first-order chi connectivity index (χ1) is 9.01. The van der Waals surface area contributed by atoms with E-state index >= 15 is 0 Å². The fourth-order valence-electron chi connectivity index (χ4n) is 1.72. The molecule has 1 heterocycles. The molecule has 0 fully saturated rings. The molecule has 0 aliphatic heterocycles. The van der Waals surface area contributed by atoms with E-state index in [1.54, 1.807) is 12.1 Å². The Balaban J connectivity index is 2.31. The van der Waals surface area contributed by atoms with Crippen molar-refractivity contribution in [2.75, 3.05) is 0 Å². The summed E-state index contributed by atoms with van der Waals surface area (Å²) in [5, 5.41) is 9.55. The van der Waals surface area contributed by atoms with Gasteiger partial charge in [0.1, 0.15) is 5.75 Å². The summed E-state index contributed by atoms with van der Waals surface area (Å²) in [4.78, 5) is 4.15. The lowest BCUT2D eigenvalue weighted by Crippen LogP contribution is -1.95. The van der Waals surface area contributed by atoms with E-state index in [4.69, 9.17) is 21.4 Å². The summed E-state index contributed by atoms with van der Waals surface area (Å²) in [5.74, 6) is 1.12. The van der Waals surface area contributed by atoms with Crippen molar-refractivity contribution < 1.29 is 9.84 Å². The summed E-state index contributed by atoms with van der Waals surface area (Å²) < 4.78 is 6.76. The first-order valence-electron chi connectivity index (χ1n) is 5.72. The lowest BCUT2D eigenvalue weighted by molar-refractivity contribution is 0.275. The maximum Gasteiger partial charge on any atom is 0.219 e. The van der Waals surface area contributed by atoms with Gasteiger partial charge in [0.05, 0.1) is 17.3 Å². The van der Waals surface area contributed by atoms with Crippen molar-refractivity contribution in [1.82, 2.24) is 4.98 Å². The van der Waals surface area contributed by atoms with Crippen molar-refractivity contribution in [1.29, 1.82) is 0 Å². The molecule has 0 atom stereocenters. The van der Waals surface area contributed by atoms with E-state index in [2.05, 4.69) is 20.9 Å². The van der Waals surface area contributed by atoms with Gasteiger partial charge in [0, 0.05) is 10.5 Å². The Morgan fingerprint density at radius 3 is 2.47 bits per heavy atom. The molecular weight excluding hydrogens is 330 g/mol. The van der Waals surface area contributed by atoms with Crippen LogP contribution >= 0.6 is 27.5 Å². The lowest BCUT2D eigenvalue weighted by atomic mass is 10.1. The van der Waals surface area contributed by atoms with Gasteiger partial charge in [-0.1, -0.05) is 27.5 Å². The maximum absolute atomic E-state index is 9.12. The molecule has 2 aromatic rings. The first-order valence-corrected chi connectivity index (χ1v) is 6.89. The molecule has 0 saturated heterocycles. The summed E-state index contributed by atoms with van der Waals surface area (Å²) in [6.45, 7) is 3.78. The smallest absolute Gasteiger partial charge is 0.219 e. The van der Waals surface area contributed by atoms with Gasteiger partial charge in [-0.3, -0.25) is 0 Å². The molecule has 3 nitrogen and oxygen atoms in total. The van der Waals surface area contributed by atoms with Gasteiger partial charge in [0.2, 0.25) is 5.88 Å². The number of rotatable bonds is 3. The van der Waals surface area contributed by atoms with Gasteiger partial charge in [-0.2, -0.15) is 0 Å². The number of halogens is 2. The zero-order chi connectivity index (χ0) is 14.0. The topological polar surface area (TPSA) is 42.4 Å². The highest BCUT2D eigenvalue weighted by Gasteiger charge is 2.07. The van der Waals surface area contributed by atoms with Crippen molar-refractivity contribution in [3.8, 4) is 11.6 Å². The zero-order valence-corrected chi connectivity index (χ0v) is 12.9. The van der Waals surface area contributed by atoms with Gasteiger partial charge < -0.3 is 9.84 Å². The minimum Gasteiger partial charge on any atom is -0.439 e. The molecule has 1 aromatic heterocycles. The van der Waals surface area contributed by atoms with Gasteiger partial charge in [0.15, 0.2) is 0 Å². The molecule has 100 valence electrons. The third-order valence-electron chi connectivity index (χ3n) is 2.68. The average Bonchev–Trinajstić information content (AvgIpc) is 2.38. The Labute approximate surface area is 125 Å². The number of aromatic nitrogens is 1. The number of pyridine rings is 1. The number of aliphatic hydroxyl groups is 1. The Kier molecular flexibility index (Phi) is 4.45. The summed E-state index contributed by atoms with van der Waals surface area (Å²) in [5.41, 5.74) is 2.59. The van der Waals surface area contributed by atoms with Gasteiger partial charge in [-0.25, -0.2) is 4.98 Å². The molecule has 5 heteroatoms. The van der Waals surface area contributed by atoms with Crippen molar-refractivity contribution in [2.24, 2.45) is 0 Å². The van der Waals surface area contributed by atoms with E-state index in [1.807, 2.05) is 26.0 Å². The first kappa shape index (κ1) is 14.3. The second-order valence-corrected chi connectivity index (χ2v) is 5.41. The van der Waals surface area contributed by atoms with E-state index in [-0.39, 0.29) is 6.61 Å². The molecule has 0 spiro atoms. The largest absolute Gasteiger partial charge is 0.439 e. The van der Waals surface area contributed by atoms with Gasteiger partial charge >= 0.3 is 0 Å². The molecule has 19 heavy (non-hydrogen) atoms. The highest BCUT2D eigenvalue weighted by molar-refractivity contribution is 9.10. The molecular formula is C14H13BrClNO2. The second kappa shape index (κ2) is 5.90. The van der Waals surface area contributed by atoms with Gasteiger partial charge in [0.25, 0.3) is 0 Å². The minimum absolute atomic E-state index is 0.214. The summed E-state index contributed by atoms with van der Waals surface area (Å²) >= 11 is 9.40. The van der Waals surface area contributed by atoms with E-state index in [0.29, 0.717) is 22.3 Å². The van der Waals surface area contributed by atoms with Crippen LogP contribution in [-0.4, -0.2) is 10.1 Å². The van der Waals surface area contributed by atoms with Crippen LogP contribution in [0.25, 0.3) is 0 Å². The standard InChI is InChI=1S/C14H13BrClNO2/c1-8-5-10(6-9(2)14(8)15)19-13-4-3-11(16)12(7-18)17-13/h3-6,18H,7H2,1-2H3. The number of ether oxygens (including phenoxy) is 1. The van der Waals surface area contributed by atoms with Crippen LogP contribution in [0, 0.1) is 13.8 Å². The van der Waals surface area contributed by atoms with Gasteiger partial charge in [-0.15, -0.1) is 0 Å². The Morgan fingerprint density at radius 1 is 1.26 bits per heavy atom. The normalized spacial score (nSPS) is 10.6. The predicted octanol–water partition coefficient (Wildman–Crippen LogP) is 4.40. The van der Waals surface area contributed by atoms with E-state index in [0.717, 1.165) is 15.6 Å². The van der Waals surface area contributed by atoms with Crippen molar-refractivity contribution in [3.05, 3.63) is 50.6 Å². The van der Waals surface area contributed by atoms with E-state index < -0.39 is 0 Å². The Morgan fingerprint density at radius 2 is 1.89 bits per heavy atom. The Bertz CT molecular complexity index is 593. The Hall–Kier alpha value is -1.10. The van der Waals surface area contributed by atoms with Crippen LogP contribution in [0.2, 0.25) is 5.02 Å². The van der Waals surface area contributed by atoms with Crippen LogP contribution in [0.4, 0.5) is 0 Å². The summed E-state index contributed by atoms with van der Waals surface area (Å²) in [7, 11) is 0. The van der Waals surface area contributed by atoms with Crippen LogP contribution in [0.15, 0.2) is 28.7 Å². The number of aryl methyl sites for hydroxylation is 2. The van der Waals surface area contributed by atoms with E-state index in [1.165, 1.54) is 0 Å². The molecule has 0 radical (unpaired) electrons. The second-order valence-electron chi connectivity index (χ2n) is 4.21. The van der Waals surface area contributed by atoms with Crippen LogP contribution in [0.3, 0.4) is 0 Å². The van der Waals surface area contributed by atoms with Crippen molar-refractivity contribution >= 4 is 27.5 Å². The maximum atomic E-state index is 9.12. The molecule has 0 bridgehead atoms. The van der Waals surface area contributed by atoms with E-state index in [9.17, 15) is 0 Å². The number of benzene rings is 1. The third-order valence-corrected chi connectivity index (χ3v) is 4.27. The van der Waals surface area contributed by atoms with Crippen LogP contribution < -0.4 is 4.74 Å². The SMILES string of the molecule is Cc1cc(Oc2ccc(Cl)c(CO)n2)cc(C)c1Br. The molecule has 0 unspecified atom stereocenters. The zero-order valence-electron chi connectivity index (χ0n) is 10.6. The van der Waals surface area contributed by atoms with Crippen LogP contribution in [0.1, 0.15) is 16.8 Å². The number of nitrogens with zero attached hydrogens (tertiary/aromatic N) is 1. The molecule has 2 rings (SSSR count). The lowest BCUT2D eigenvalue weighted by Gasteiger charge is -2.10. The molecule has 0 amide bonds. The molecule has 1 aromatic carbocycles. The fraction of sp³-hybridized carbons (Fsp3) is 0.214.